The van der Waals surface area contributed by atoms with E-state index < -0.39 is 6.10 Å². The number of unbranched alkanes of at least 4 members (excludes halogenated alkanes) is 10. The monoisotopic (exact) mass is 590 g/mol. The maximum absolute atomic E-state index is 11.9. The third-order valence-corrected chi connectivity index (χ3v) is 6.98. The summed E-state index contributed by atoms with van der Waals surface area (Å²) < 4.78 is 10.2. The Bertz CT molecular complexity index is 739. The molecule has 6 nitrogen and oxygen atoms in total. The largest absolute Gasteiger partial charge is 0.463 e. The minimum Gasteiger partial charge on any atom is -0.463 e. The number of aliphatic hydroxyl groups is 2. The van der Waals surface area contributed by atoms with E-state index in [1.54, 1.807) is 0 Å². The average Bonchev–Trinajstić information content (AvgIpc) is 2.99. The minimum absolute atomic E-state index is 0.141. The molecule has 0 rings (SSSR count). The highest BCUT2D eigenvalue weighted by Crippen LogP contribution is 2.11. The van der Waals surface area contributed by atoms with Gasteiger partial charge in [-0.05, 0) is 57.8 Å². The van der Waals surface area contributed by atoms with Crippen molar-refractivity contribution in [1.29, 1.82) is 0 Å². The predicted molar refractivity (Wildman–Crippen MR) is 174 cm³/mol. The number of hydrogen-bond donors (Lipinski definition) is 2. The molecule has 0 amide bonds. The highest BCUT2D eigenvalue weighted by atomic mass is 16.6. The molecule has 42 heavy (non-hydrogen) atoms. The number of carbonyl (C=O) groups is 2. The summed E-state index contributed by atoms with van der Waals surface area (Å²) in [7, 11) is 0. The molecule has 0 fully saturated rings. The topological polar surface area (TPSA) is 93.1 Å². The first-order chi connectivity index (χ1) is 20.5. The molecule has 0 saturated heterocycles. The average molecular weight is 591 g/mol. The van der Waals surface area contributed by atoms with Crippen molar-refractivity contribution in [1.82, 2.24) is 0 Å². The summed E-state index contributed by atoms with van der Waals surface area (Å²) in [5.74, 6) is -0.652. The van der Waals surface area contributed by atoms with Gasteiger partial charge in [0.05, 0.1) is 6.10 Å². The number of ether oxygens (including phenoxy) is 2. The van der Waals surface area contributed by atoms with Gasteiger partial charge in [-0.25, -0.2) is 0 Å². The van der Waals surface area contributed by atoms with Gasteiger partial charge in [-0.2, -0.15) is 0 Å². The van der Waals surface area contributed by atoms with Gasteiger partial charge in [0.1, 0.15) is 19.3 Å². The summed E-state index contributed by atoms with van der Waals surface area (Å²) >= 11 is 0. The number of allylic oxidation sites excluding steroid dienone is 8. The molecule has 2 atom stereocenters. The van der Waals surface area contributed by atoms with E-state index in [4.69, 9.17) is 9.47 Å². The van der Waals surface area contributed by atoms with Crippen LogP contribution in [-0.2, 0) is 19.1 Å². The van der Waals surface area contributed by atoms with Crippen molar-refractivity contribution in [2.45, 2.75) is 154 Å². The van der Waals surface area contributed by atoms with Gasteiger partial charge in [0, 0.05) is 12.8 Å². The van der Waals surface area contributed by atoms with Crippen LogP contribution in [0, 0.1) is 0 Å². The fourth-order valence-electron chi connectivity index (χ4n) is 4.23. The van der Waals surface area contributed by atoms with Crippen molar-refractivity contribution in [3.63, 3.8) is 0 Å². The van der Waals surface area contributed by atoms with Gasteiger partial charge >= 0.3 is 11.9 Å². The third-order valence-electron chi connectivity index (χ3n) is 6.98. The van der Waals surface area contributed by atoms with Gasteiger partial charge in [0.2, 0.25) is 0 Å². The van der Waals surface area contributed by atoms with E-state index >= 15 is 0 Å². The molecule has 242 valence electrons. The van der Waals surface area contributed by atoms with E-state index in [-0.39, 0.29) is 31.3 Å². The van der Waals surface area contributed by atoms with Gasteiger partial charge in [0.15, 0.2) is 0 Å². The number of hydrogen-bond acceptors (Lipinski definition) is 6. The molecular formula is C36H62O6. The Morgan fingerprint density at radius 3 is 1.48 bits per heavy atom. The van der Waals surface area contributed by atoms with Crippen molar-refractivity contribution in [3.05, 3.63) is 48.6 Å². The molecule has 0 saturated carbocycles. The molecule has 0 aliphatic heterocycles. The molecule has 0 bridgehead atoms. The van der Waals surface area contributed by atoms with Gasteiger partial charge < -0.3 is 19.7 Å². The van der Waals surface area contributed by atoms with E-state index in [9.17, 15) is 19.8 Å². The minimum atomic E-state index is -0.992. The fourth-order valence-corrected chi connectivity index (χ4v) is 4.23. The number of esters is 2. The molecule has 0 aromatic carbocycles. The van der Waals surface area contributed by atoms with Gasteiger partial charge in [-0.3, -0.25) is 9.59 Å². The summed E-state index contributed by atoms with van der Waals surface area (Å²) in [5.41, 5.74) is 0. The van der Waals surface area contributed by atoms with E-state index in [0.29, 0.717) is 19.3 Å². The second-order valence-corrected chi connectivity index (χ2v) is 11.1. The van der Waals surface area contributed by atoms with Crippen molar-refractivity contribution in [2.24, 2.45) is 0 Å². The second-order valence-electron chi connectivity index (χ2n) is 11.1. The Kier molecular flexibility index (Phi) is 30.1. The van der Waals surface area contributed by atoms with Crippen molar-refractivity contribution < 1.29 is 29.3 Å². The molecule has 0 aromatic rings. The predicted octanol–water partition coefficient (Wildman–Crippen LogP) is 8.86. The van der Waals surface area contributed by atoms with Crippen LogP contribution in [0.15, 0.2) is 48.6 Å². The zero-order valence-corrected chi connectivity index (χ0v) is 26.9. The molecular weight excluding hydrogens is 528 g/mol. The van der Waals surface area contributed by atoms with Crippen molar-refractivity contribution in [2.75, 3.05) is 13.2 Å². The smallest absolute Gasteiger partial charge is 0.305 e. The summed E-state index contributed by atoms with van der Waals surface area (Å²) in [6, 6.07) is 0. The first kappa shape index (κ1) is 39.8. The molecule has 0 radical (unpaired) electrons. The van der Waals surface area contributed by atoms with Crippen molar-refractivity contribution in [3.8, 4) is 0 Å². The lowest BCUT2D eigenvalue weighted by Crippen LogP contribution is -2.25. The first-order valence-corrected chi connectivity index (χ1v) is 16.8. The van der Waals surface area contributed by atoms with Crippen LogP contribution in [0.5, 0.6) is 0 Å². The van der Waals surface area contributed by atoms with E-state index in [0.717, 1.165) is 64.2 Å². The Labute approximate surface area is 257 Å². The molecule has 2 N–H and O–H groups in total. The highest BCUT2D eigenvalue weighted by molar-refractivity contribution is 5.69. The normalized spacial score (nSPS) is 13.5. The van der Waals surface area contributed by atoms with E-state index in [2.05, 4.69) is 55.5 Å². The number of carbonyl (C=O) groups excluding carboxylic acids is 2. The zero-order chi connectivity index (χ0) is 30.9. The van der Waals surface area contributed by atoms with Crippen LogP contribution in [0.2, 0.25) is 0 Å². The Balaban J connectivity index is 3.60. The van der Waals surface area contributed by atoms with Crippen LogP contribution < -0.4 is 0 Å². The van der Waals surface area contributed by atoms with Gasteiger partial charge in [-0.1, -0.05) is 120 Å². The van der Waals surface area contributed by atoms with Gasteiger partial charge in [0.25, 0.3) is 0 Å². The molecule has 0 aromatic heterocycles. The first-order valence-electron chi connectivity index (χ1n) is 16.8. The van der Waals surface area contributed by atoms with E-state index in [1.807, 2.05) is 6.92 Å². The summed E-state index contributed by atoms with van der Waals surface area (Å²) in [5, 5.41) is 19.4. The summed E-state index contributed by atoms with van der Waals surface area (Å²) in [4.78, 5) is 23.7. The fraction of sp³-hybridized carbons (Fsp3) is 0.722. The van der Waals surface area contributed by atoms with Crippen LogP contribution >= 0.6 is 0 Å². The van der Waals surface area contributed by atoms with Crippen LogP contribution in [0.4, 0.5) is 0 Å². The number of aliphatic hydroxyl groups excluding tert-OH is 2. The molecule has 0 spiro atoms. The molecule has 0 unspecified atom stereocenters. The standard InChI is InChI=1S/C36H62O6/c1-3-5-6-7-8-9-17-20-23-26-29-35(39)41-31-34(38)32-42-36(40)30-27-24-21-18-15-13-11-10-12-14-16-19-22-25-28-33(37)4-2/h11-14,18-19,21-22,33-34,37-38H,3-10,15-17,20,23-32H2,1-2H3/b13-11-,14-12-,21-18-,22-19-/t33-,34-/m0/s1. The lowest BCUT2D eigenvalue weighted by Gasteiger charge is -2.12. The third kappa shape index (κ3) is 30.8. The summed E-state index contributed by atoms with van der Waals surface area (Å²) in [6.45, 7) is 3.94. The van der Waals surface area contributed by atoms with Crippen molar-refractivity contribution >= 4 is 11.9 Å². The van der Waals surface area contributed by atoms with Gasteiger partial charge in [-0.15, -0.1) is 0 Å². The lowest BCUT2D eigenvalue weighted by atomic mass is 10.1. The quantitative estimate of drug-likeness (QED) is 0.0513. The van der Waals surface area contributed by atoms with Crippen LogP contribution in [0.1, 0.15) is 142 Å². The second kappa shape index (κ2) is 31.7. The highest BCUT2D eigenvalue weighted by Gasteiger charge is 2.11. The lowest BCUT2D eigenvalue weighted by molar-refractivity contribution is -0.152. The number of rotatable bonds is 29. The van der Waals surface area contributed by atoms with Crippen LogP contribution in [0.25, 0.3) is 0 Å². The zero-order valence-electron chi connectivity index (χ0n) is 26.9. The van der Waals surface area contributed by atoms with Crippen LogP contribution in [-0.4, -0.2) is 47.6 Å². The van der Waals surface area contributed by atoms with Crippen LogP contribution in [0.3, 0.4) is 0 Å². The molecule has 0 heterocycles. The molecule has 0 aliphatic rings. The maximum Gasteiger partial charge on any atom is 0.305 e. The maximum atomic E-state index is 11.9. The Hall–Kier alpha value is -2.18. The van der Waals surface area contributed by atoms with E-state index in [1.165, 1.54) is 44.9 Å². The SMILES string of the molecule is CCCCCCCCCCCCC(=O)OC[C@H](O)COC(=O)CCC/C=C\C/C=C\C/C=C\C/C=C\CC[C@@H](O)CC. The molecule has 0 aliphatic carbocycles. The molecule has 6 heteroatoms. The Morgan fingerprint density at radius 2 is 0.976 bits per heavy atom. The summed E-state index contributed by atoms with van der Waals surface area (Å²) in [6.07, 6.45) is 35.3. The Morgan fingerprint density at radius 1 is 0.548 bits per heavy atom.